The molecule has 0 aliphatic heterocycles. The third kappa shape index (κ3) is 3.36. The molecular weight excluding hydrogens is 398 g/mol. The largest absolute Gasteiger partial charge is 0.357 e. The Morgan fingerprint density at radius 3 is 2.16 bits per heavy atom. The van der Waals surface area contributed by atoms with Gasteiger partial charge in [-0.25, -0.2) is 0 Å². The summed E-state index contributed by atoms with van der Waals surface area (Å²) in [6, 6.07) is 15.7. The molecule has 6 nitrogen and oxygen atoms in total. The zero-order valence-corrected chi connectivity index (χ0v) is 17.7. The van der Waals surface area contributed by atoms with Crippen LogP contribution in [0.15, 0.2) is 36.4 Å². The van der Waals surface area contributed by atoms with Gasteiger partial charge in [-0.15, -0.1) is 0 Å². The number of hydrogen-bond acceptors (Lipinski definition) is 4. The third-order valence-corrected chi connectivity index (χ3v) is 6.53. The first-order valence-electron chi connectivity index (χ1n) is 11.0. The predicted octanol–water partition coefficient (Wildman–Crippen LogP) is 4.93. The van der Waals surface area contributed by atoms with Crippen LogP contribution >= 0.6 is 0 Å². The molecule has 0 radical (unpaired) electrons. The number of nitrogens with one attached hydrogen (secondary N) is 2. The molecule has 2 aromatic heterocycles. The SMILES string of the molecule is N#Cc1ccc2[nH]c3c(c2c1)CCCC3=O.N#Cc1ccc2[nH]c3c(c2c1)CCCC3N. The van der Waals surface area contributed by atoms with Gasteiger partial charge in [-0.3, -0.25) is 4.79 Å². The minimum absolute atomic E-state index is 0.127. The van der Waals surface area contributed by atoms with Crippen molar-refractivity contribution in [1.82, 2.24) is 9.97 Å². The molecule has 0 fully saturated rings. The molecule has 2 heterocycles. The van der Waals surface area contributed by atoms with E-state index < -0.39 is 0 Å². The molecule has 0 saturated carbocycles. The summed E-state index contributed by atoms with van der Waals surface area (Å²) in [5, 5.41) is 20.0. The van der Waals surface area contributed by atoms with Crippen LogP contribution in [0, 0.1) is 22.7 Å². The second-order valence-corrected chi connectivity index (χ2v) is 8.52. The number of aromatic nitrogens is 2. The first kappa shape index (κ1) is 20.1. The molecule has 6 heteroatoms. The molecule has 6 rings (SSSR count). The van der Waals surface area contributed by atoms with Crippen molar-refractivity contribution in [3.05, 3.63) is 70.0 Å². The smallest absolute Gasteiger partial charge is 0.179 e. The lowest BCUT2D eigenvalue weighted by atomic mass is 9.92. The highest BCUT2D eigenvalue weighted by molar-refractivity contribution is 6.03. The van der Waals surface area contributed by atoms with E-state index in [2.05, 4.69) is 22.1 Å². The molecule has 2 aliphatic rings. The Morgan fingerprint density at radius 2 is 1.47 bits per heavy atom. The average Bonchev–Trinajstić information content (AvgIpc) is 3.39. The molecule has 0 amide bonds. The standard InChI is InChI=1S/C13H13N3.C13H10N2O/c14-7-8-4-5-12-10(6-8)9-2-1-3-11(15)13(9)16-12;14-7-8-4-5-11-10(6-8)9-2-1-3-12(16)13(9)15-11/h4-6,11,16H,1-3,15H2;4-6,15H,1-3H2. The highest BCUT2D eigenvalue weighted by Crippen LogP contribution is 2.34. The van der Waals surface area contributed by atoms with Gasteiger partial charge in [0.1, 0.15) is 0 Å². The number of Topliss-reactive ketones (excluding diaryl/α,β-unsaturated/α-hetero) is 1. The first-order chi connectivity index (χ1) is 15.6. The number of nitriles is 2. The molecule has 2 aromatic carbocycles. The number of hydrogen-bond donors (Lipinski definition) is 3. The average molecular weight is 422 g/mol. The minimum atomic E-state index is 0.127. The second kappa shape index (κ2) is 8.00. The minimum Gasteiger partial charge on any atom is -0.357 e. The molecule has 158 valence electrons. The maximum atomic E-state index is 11.7. The lowest BCUT2D eigenvalue weighted by molar-refractivity contribution is 0.0968. The quantitative estimate of drug-likeness (QED) is 0.372. The lowest BCUT2D eigenvalue weighted by Crippen LogP contribution is -2.16. The number of rotatable bonds is 0. The van der Waals surface area contributed by atoms with Crippen LogP contribution in [0.25, 0.3) is 21.8 Å². The van der Waals surface area contributed by atoms with Gasteiger partial charge in [0.05, 0.1) is 29.0 Å². The van der Waals surface area contributed by atoms with Crippen molar-refractivity contribution in [3.8, 4) is 12.1 Å². The summed E-state index contributed by atoms with van der Waals surface area (Å²) < 4.78 is 0. The Kier molecular flexibility index (Phi) is 5.01. The third-order valence-electron chi connectivity index (χ3n) is 6.53. The van der Waals surface area contributed by atoms with Crippen molar-refractivity contribution < 1.29 is 4.79 Å². The van der Waals surface area contributed by atoms with Gasteiger partial charge in [0.2, 0.25) is 0 Å². The maximum absolute atomic E-state index is 11.7. The Balaban J connectivity index is 0.000000135. The van der Waals surface area contributed by atoms with Crippen molar-refractivity contribution in [2.45, 2.75) is 44.6 Å². The summed E-state index contributed by atoms with van der Waals surface area (Å²) >= 11 is 0. The highest BCUT2D eigenvalue weighted by Gasteiger charge is 2.22. The molecule has 4 N–H and O–H groups in total. The predicted molar refractivity (Wildman–Crippen MR) is 123 cm³/mol. The van der Waals surface area contributed by atoms with E-state index in [0.29, 0.717) is 17.5 Å². The molecule has 0 saturated heterocycles. The zero-order valence-electron chi connectivity index (χ0n) is 17.7. The van der Waals surface area contributed by atoms with Crippen LogP contribution in [-0.4, -0.2) is 15.8 Å². The van der Waals surface area contributed by atoms with E-state index >= 15 is 0 Å². The number of ketones is 1. The van der Waals surface area contributed by atoms with E-state index in [0.717, 1.165) is 65.5 Å². The molecule has 4 aromatic rings. The Hall–Kier alpha value is -3.87. The lowest BCUT2D eigenvalue weighted by Gasteiger charge is -2.18. The molecular formula is C26H23N5O. The van der Waals surface area contributed by atoms with Crippen LogP contribution in [0.3, 0.4) is 0 Å². The van der Waals surface area contributed by atoms with Gasteiger partial charge in [-0.1, -0.05) is 0 Å². The van der Waals surface area contributed by atoms with Gasteiger partial charge < -0.3 is 15.7 Å². The van der Waals surface area contributed by atoms with Gasteiger partial charge >= 0.3 is 0 Å². The highest BCUT2D eigenvalue weighted by atomic mass is 16.1. The Morgan fingerprint density at radius 1 is 0.844 bits per heavy atom. The van der Waals surface area contributed by atoms with Crippen molar-refractivity contribution in [3.63, 3.8) is 0 Å². The van der Waals surface area contributed by atoms with E-state index in [1.807, 2.05) is 30.3 Å². The van der Waals surface area contributed by atoms with E-state index in [4.69, 9.17) is 16.3 Å². The number of aryl methyl sites for hydroxylation is 2. The molecule has 1 unspecified atom stereocenters. The number of H-pyrrole nitrogens is 2. The topological polar surface area (TPSA) is 122 Å². The fraction of sp³-hybridized carbons (Fsp3) is 0.269. The first-order valence-corrected chi connectivity index (χ1v) is 11.0. The molecule has 0 spiro atoms. The molecule has 32 heavy (non-hydrogen) atoms. The molecule has 2 aliphatic carbocycles. The van der Waals surface area contributed by atoms with Gasteiger partial charge in [0.25, 0.3) is 0 Å². The van der Waals surface area contributed by atoms with Crippen molar-refractivity contribution in [1.29, 1.82) is 10.5 Å². The van der Waals surface area contributed by atoms with Crippen LogP contribution in [-0.2, 0) is 12.8 Å². The number of carbonyl (C=O) groups excluding carboxylic acids is 1. The van der Waals surface area contributed by atoms with Crippen LogP contribution in [0.1, 0.15) is 70.2 Å². The summed E-state index contributed by atoms with van der Waals surface area (Å²) in [7, 11) is 0. The number of benzene rings is 2. The van der Waals surface area contributed by atoms with Gasteiger partial charge in [0, 0.05) is 40.0 Å². The zero-order chi connectivity index (χ0) is 22.2. The van der Waals surface area contributed by atoms with Crippen LogP contribution in [0.2, 0.25) is 0 Å². The summed E-state index contributed by atoms with van der Waals surface area (Å²) in [5.74, 6) is 0.191. The second-order valence-electron chi connectivity index (χ2n) is 8.52. The summed E-state index contributed by atoms with van der Waals surface area (Å²) in [6.45, 7) is 0. The van der Waals surface area contributed by atoms with E-state index in [9.17, 15) is 4.79 Å². The fourth-order valence-corrected chi connectivity index (χ4v) is 4.93. The summed E-state index contributed by atoms with van der Waals surface area (Å²) in [5.41, 5.74) is 13.8. The van der Waals surface area contributed by atoms with E-state index in [-0.39, 0.29) is 11.8 Å². The normalized spacial score (nSPS) is 17.1. The van der Waals surface area contributed by atoms with Gasteiger partial charge in [-0.05, 0) is 79.6 Å². The number of fused-ring (bicyclic) bond motifs is 6. The van der Waals surface area contributed by atoms with Crippen LogP contribution in [0.4, 0.5) is 0 Å². The monoisotopic (exact) mass is 421 g/mol. The van der Waals surface area contributed by atoms with Crippen LogP contribution in [0.5, 0.6) is 0 Å². The van der Waals surface area contributed by atoms with Crippen molar-refractivity contribution in [2.24, 2.45) is 5.73 Å². The van der Waals surface area contributed by atoms with Crippen molar-refractivity contribution in [2.75, 3.05) is 0 Å². The summed E-state index contributed by atoms with van der Waals surface area (Å²) in [4.78, 5) is 18.3. The number of aromatic amines is 2. The maximum Gasteiger partial charge on any atom is 0.179 e. The Labute approximate surface area is 185 Å². The number of nitrogens with two attached hydrogens (primary N) is 1. The van der Waals surface area contributed by atoms with Gasteiger partial charge in [-0.2, -0.15) is 10.5 Å². The summed E-state index contributed by atoms with van der Waals surface area (Å²) in [6.07, 6.45) is 5.72. The number of nitrogens with zero attached hydrogens (tertiary/aromatic N) is 2. The van der Waals surface area contributed by atoms with Gasteiger partial charge in [0.15, 0.2) is 5.78 Å². The molecule has 0 bridgehead atoms. The van der Waals surface area contributed by atoms with E-state index in [1.54, 1.807) is 6.07 Å². The van der Waals surface area contributed by atoms with E-state index in [1.165, 1.54) is 10.9 Å². The van der Waals surface area contributed by atoms with Crippen molar-refractivity contribution >= 4 is 27.6 Å². The Bertz CT molecular complexity index is 1440. The fourth-order valence-electron chi connectivity index (χ4n) is 4.93. The number of carbonyl (C=O) groups is 1. The van der Waals surface area contributed by atoms with Crippen LogP contribution < -0.4 is 5.73 Å². The molecule has 1 atom stereocenters.